The summed E-state index contributed by atoms with van der Waals surface area (Å²) >= 11 is 0. The van der Waals surface area contributed by atoms with Crippen molar-refractivity contribution in [1.29, 1.82) is 0 Å². The van der Waals surface area contributed by atoms with E-state index in [0.29, 0.717) is 88.5 Å². The van der Waals surface area contributed by atoms with E-state index in [1.54, 1.807) is 60.7 Å². The molecule has 20 heteroatoms. The first-order chi connectivity index (χ1) is 30.1. The zero-order valence-corrected chi connectivity index (χ0v) is 36.7. The van der Waals surface area contributed by atoms with Crippen LogP contribution in [0.5, 0.6) is 0 Å². The maximum Gasteiger partial charge on any atom is 0.491 e. The Morgan fingerprint density at radius 3 is 1.56 bits per heavy atom. The number of benzene rings is 4. The minimum atomic E-state index is -3.74. The lowest BCUT2D eigenvalue weighted by molar-refractivity contribution is -0.116. The molecule has 63 heavy (non-hydrogen) atoms. The number of anilines is 1. The number of nitrogens with zero attached hydrogens (tertiary/aromatic N) is 4. The van der Waals surface area contributed by atoms with E-state index < -0.39 is 33.9 Å². The van der Waals surface area contributed by atoms with Gasteiger partial charge >= 0.3 is 14.2 Å². The van der Waals surface area contributed by atoms with Crippen molar-refractivity contribution in [2.45, 2.75) is 100 Å². The minimum absolute atomic E-state index is 0.0153. The molecule has 0 amide bonds. The van der Waals surface area contributed by atoms with Crippen LogP contribution in [0.3, 0.4) is 0 Å². The van der Waals surface area contributed by atoms with Gasteiger partial charge in [-0.2, -0.15) is 0 Å². The zero-order chi connectivity index (χ0) is 44.9. The second-order valence-electron chi connectivity index (χ2n) is 15.6. The lowest BCUT2D eigenvalue weighted by Gasteiger charge is -2.12. The summed E-state index contributed by atoms with van der Waals surface area (Å²) in [5.74, 6) is 1.24. The highest BCUT2D eigenvalue weighted by Crippen LogP contribution is 2.28. The van der Waals surface area contributed by atoms with E-state index in [0.717, 1.165) is 29.5 Å². The number of ketones is 1. The van der Waals surface area contributed by atoms with E-state index >= 15 is 0 Å². The average molecular weight is 896 g/mol. The molecule has 0 fully saturated rings. The van der Waals surface area contributed by atoms with Crippen LogP contribution in [0.4, 0.5) is 5.69 Å². The lowest BCUT2D eigenvalue weighted by Crippen LogP contribution is -2.28. The van der Waals surface area contributed by atoms with Crippen LogP contribution in [-0.4, -0.2) is 67.3 Å². The topological polar surface area (TPSA) is 248 Å². The normalized spacial score (nSPS) is 13.5. The number of aromatic nitrogens is 4. The third-order valence-electron chi connectivity index (χ3n) is 10.4. The summed E-state index contributed by atoms with van der Waals surface area (Å²) < 4.78 is 74.9. The predicted octanol–water partition coefficient (Wildman–Crippen LogP) is 3.32. The van der Waals surface area contributed by atoms with Crippen molar-refractivity contribution >= 4 is 56.3 Å². The van der Waals surface area contributed by atoms with E-state index in [1.807, 2.05) is 13.8 Å². The van der Waals surface area contributed by atoms with E-state index in [4.69, 9.17) is 23.9 Å². The Morgan fingerprint density at radius 2 is 1.08 bits per heavy atom. The van der Waals surface area contributed by atoms with Crippen molar-refractivity contribution in [1.82, 2.24) is 20.4 Å². The molecule has 0 aliphatic carbocycles. The van der Waals surface area contributed by atoms with Crippen LogP contribution in [0.15, 0.2) is 91.4 Å². The highest BCUT2D eigenvalue weighted by molar-refractivity contribution is 7.91. The number of sulfone groups is 2. The smallest absolute Gasteiger partial charge is 0.425 e. The van der Waals surface area contributed by atoms with Crippen LogP contribution in [0.25, 0.3) is 0 Å². The monoisotopic (exact) mass is 895 g/mol. The van der Waals surface area contributed by atoms with Crippen molar-refractivity contribution in [2.75, 3.05) is 5.73 Å². The molecule has 4 aromatic carbocycles. The van der Waals surface area contributed by atoms with Crippen LogP contribution >= 0.6 is 0 Å². The maximum absolute atomic E-state index is 13.4. The fourth-order valence-electron chi connectivity index (χ4n) is 7.49. The van der Waals surface area contributed by atoms with Gasteiger partial charge in [-0.05, 0) is 93.9 Å². The second-order valence-corrected chi connectivity index (χ2v) is 19.5. The van der Waals surface area contributed by atoms with Crippen LogP contribution in [0.1, 0.15) is 96.1 Å². The molecular formula is C43H47B2N5O11S2. The molecular weight excluding hydrogens is 848 g/mol. The second kappa shape index (κ2) is 19.5. The number of rotatable bonds is 16. The van der Waals surface area contributed by atoms with Crippen molar-refractivity contribution in [2.24, 2.45) is 0 Å². The van der Waals surface area contributed by atoms with Crippen LogP contribution in [-0.2, 0) is 90.6 Å². The molecule has 0 unspecified atom stereocenters. The number of aryl methyl sites for hydroxylation is 2. The first kappa shape index (κ1) is 45.5. The van der Waals surface area contributed by atoms with E-state index in [9.17, 15) is 31.7 Å². The molecule has 0 saturated carbocycles. The van der Waals surface area contributed by atoms with Gasteiger partial charge in [-0.3, -0.25) is 4.79 Å². The van der Waals surface area contributed by atoms with Gasteiger partial charge in [-0.1, -0.05) is 62.4 Å². The Bertz CT molecular complexity index is 2850. The number of nitrogen functional groups attached to an aromatic ring is 1. The lowest BCUT2D eigenvalue weighted by atomic mass is 9.79. The summed E-state index contributed by atoms with van der Waals surface area (Å²) in [6.07, 6.45) is 3.58. The van der Waals surface area contributed by atoms with Gasteiger partial charge in [0.15, 0.2) is 19.7 Å². The van der Waals surface area contributed by atoms with Crippen LogP contribution < -0.4 is 16.7 Å². The van der Waals surface area contributed by atoms with Gasteiger partial charge in [0.05, 0.1) is 47.4 Å². The molecule has 2 aromatic heterocycles. The van der Waals surface area contributed by atoms with Gasteiger partial charge in [0, 0.05) is 24.9 Å². The quantitative estimate of drug-likeness (QED) is 0.0931. The Morgan fingerprint density at radius 1 is 0.635 bits per heavy atom. The number of hydrogen-bond acceptors (Lipinski definition) is 16. The van der Waals surface area contributed by atoms with Gasteiger partial charge < -0.3 is 33.9 Å². The van der Waals surface area contributed by atoms with E-state index in [1.165, 1.54) is 19.1 Å². The molecule has 2 aliphatic rings. The fourth-order valence-corrected chi connectivity index (χ4v) is 10.6. The number of carbonyl (C=O) groups is 1. The first-order valence-corrected chi connectivity index (χ1v) is 23.8. The number of carbonyl (C=O) groups excluding carboxylic acids is 1. The number of fused-ring (bicyclic) bond motifs is 2. The van der Waals surface area contributed by atoms with E-state index in [2.05, 4.69) is 20.4 Å². The summed E-state index contributed by atoms with van der Waals surface area (Å²) in [5.41, 5.74) is 12.1. The predicted molar refractivity (Wildman–Crippen MR) is 233 cm³/mol. The van der Waals surface area contributed by atoms with Gasteiger partial charge in [-0.15, -0.1) is 20.4 Å². The summed E-state index contributed by atoms with van der Waals surface area (Å²) in [6, 6.07) is 20.0. The standard InChI is InChI=1S/C23H25BN2O6S.C20H22BN3O5S/c1-3-4-22-25-26-23(32-22)12-19-10-16(9-15(2)27)6-8-21(19)33(29,30)14-17-5-7-18-13-31-24(28)20(18)11-17;1-2-3-19-23-24-20(29-19)10-15-9-16(22)6-7-18(15)30(26,27)12-13-4-5-14-11-28-21(25)17(14)8-13/h5-8,10-11,28H,3-4,9,12-14H2,1-2H3;4-9,25H,2-3,10-12,22H2,1H3. The Kier molecular flexibility index (Phi) is 14.1. The zero-order valence-electron chi connectivity index (χ0n) is 35.1. The van der Waals surface area contributed by atoms with Gasteiger partial charge in [0.25, 0.3) is 0 Å². The molecule has 0 atom stereocenters. The molecule has 0 radical (unpaired) electrons. The average Bonchev–Trinajstić information content (AvgIpc) is 4.03. The minimum Gasteiger partial charge on any atom is -0.425 e. The van der Waals surface area contributed by atoms with Crippen molar-refractivity contribution in [3.8, 4) is 0 Å². The first-order valence-electron chi connectivity index (χ1n) is 20.5. The fraction of sp³-hybridized carbons (Fsp3) is 0.326. The van der Waals surface area contributed by atoms with Gasteiger partial charge in [0.1, 0.15) is 5.78 Å². The molecule has 8 rings (SSSR count). The molecule has 328 valence electrons. The highest BCUT2D eigenvalue weighted by Gasteiger charge is 2.30. The van der Waals surface area contributed by atoms with Gasteiger partial charge in [0.2, 0.25) is 23.6 Å². The molecule has 6 aromatic rings. The van der Waals surface area contributed by atoms with Crippen LogP contribution in [0.2, 0.25) is 0 Å². The molecule has 16 nitrogen and oxygen atoms in total. The molecule has 4 heterocycles. The van der Waals surface area contributed by atoms with Crippen molar-refractivity contribution in [3.63, 3.8) is 0 Å². The summed E-state index contributed by atoms with van der Waals surface area (Å²) in [4.78, 5) is 11.9. The van der Waals surface area contributed by atoms with Crippen molar-refractivity contribution < 1.29 is 49.8 Å². The van der Waals surface area contributed by atoms with Gasteiger partial charge in [-0.25, -0.2) is 16.8 Å². The number of nitrogens with two attached hydrogens (primary N) is 1. The molecule has 0 spiro atoms. The van der Waals surface area contributed by atoms with Crippen LogP contribution in [0, 0.1) is 0 Å². The molecule has 0 saturated heterocycles. The van der Waals surface area contributed by atoms with Crippen molar-refractivity contribution in [3.05, 3.63) is 135 Å². The number of Topliss-reactive ketones (excluding diaryl/α,β-unsaturated/α-hetero) is 1. The molecule has 4 N–H and O–H groups in total. The number of hydrogen-bond donors (Lipinski definition) is 3. The summed E-state index contributed by atoms with van der Waals surface area (Å²) in [7, 11) is -9.50. The molecule has 2 aliphatic heterocycles. The third kappa shape index (κ3) is 11.2. The summed E-state index contributed by atoms with van der Waals surface area (Å²) in [6.45, 7) is 6.12. The highest BCUT2D eigenvalue weighted by atomic mass is 32.2. The third-order valence-corrected chi connectivity index (χ3v) is 14.0. The Labute approximate surface area is 366 Å². The Balaban J connectivity index is 0.000000190. The van der Waals surface area contributed by atoms with E-state index in [-0.39, 0.29) is 46.3 Å². The summed E-state index contributed by atoms with van der Waals surface area (Å²) in [5, 5.41) is 35.9. The molecule has 0 bridgehead atoms. The Hall–Kier alpha value is -5.50. The maximum atomic E-state index is 13.4. The largest absolute Gasteiger partial charge is 0.491 e. The SMILES string of the molecule is CCCc1nnc(Cc2cc(CC(C)=O)ccc2S(=O)(=O)Cc2ccc3c(c2)B(O)OC3)o1.CCCc1nnc(Cc2cc(N)ccc2S(=O)(=O)Cc2ccc3c(c2)B(O)OC3)o1.